The number of fused-ring (bicyclic) bond motifs is 1. The van der Waals surface area contributed by atoms with E-state index in [-0.39, 0.29) is 11.7 Å². The zero-order valence-corrected chi connectivity index (χ0v) is 12.4. The molecule has 3 rings (SSSR count). The number of benzene rings is 2. The first-order valence-corrected chi connectivity index (χ1v) is 7.16. The third kappa shape index (κ3) is 2.45. The maximum Gasteiger partial charge on any atom is 0.258 e. The van der Waals surface area contributed by atoms with E-state index in [4.69, 9.17) is 11.6 Å². The minimum Gasteiger partial charge on any atom is -0.307 e. The molecule has 0 atom stereocenters. The Kier molecular flexibility index (Phi) is 3.52. The fourth-order valence-electron chi connectivity index (χ4n) is 2.60. The zero-order chi connectivity index (χ0) is 15.0. The molecule has 0 N–H and O–H groups in total. The van der Waals surface area contributed by atoms with Gasteiger partial charge in [0, 0.05) is 29.1 Å². The number of amides is 1. The van der Waals surface area contributed by atoms with E-state index < -0.39 is 0 Å². The summed E-state index contributed by atoms with van der Waals surface area (Å²) in [5.74, 6) is -0.0505. The van der Waals surface area contributed by atoms with Gasteiger partial charge in [0.1, 0.15) is 0 Å². The predicted molar refractivity (Wildman–Crippen MR) is 83.3 cm³/mol. The van der Waals surface area contributed by atoms with Gasteiger partial charge in [-0.3, -0.25) is 9.59 Å². The van der Waals surface area contributed by atoms with E-state index in [1.165, 1.54) is 0 Å². The number of hydrogen-bond donors (Lipinski definition) is 0. The van der Waals surface area contributed by atoms with Crippen LogP contribution in [0.3, 0.4) is 0 Å². The van der Waals surface area contributed by atoms with E-state index in [1.807, 2.05) is 31.2 Å². The first-order valence-electron chi connectivity index (χ1n) is 6.78. The Balaban J connectivity index is 2.06. The predicted octanol–water partition coefficient (Wildman–Crippen LogP) is 3.88. The average molecular weight is 300 g/mol. The van der Waals surface area contributed by atoms with Crippen LogP contribution in [0.1, 0.15) is 32.7 Å². The molecule has 0 aliphatic carbocycles. The highest BCUT2D eigenvalue weighted by atomic mass is 35.5. The maximum atomic E-state index is 12.8. The number of carbonyl (C=O) groups excluding carboxylic acids is 2. The van der Waals surface area contributed by atoms with Gasteiger partial charge in [0.25, 0.3) is 5.91 Å². The highest BCUT2D eigenvalue weighted by Crippen LogP contribution is 2.31. The van der Waals surface area contributed by atoms with Crippen LogP contribution >= 0.6 is 11.6 Å². The number of nitrogens with zero attached hydrogens (tertiary/aromatic N) is 1. The largest absolute Gasteiger partial charge is 0.307 e. The lowest BCUT2D eigenvalue weighted by Crippen LogP contribution is -2.37. The van der Waals surface area contributed by atoms with Gasteiger partial charge < -0.3 is 4.90 Å². The average Bonchev–Trinajstić information content (AvgIpc) is 2.48. The number of hydrogen-bond acceptors (Lipinski definition) is 2. The molecule has 0 radical (unpaired) electrons. The topological polar surface area (TPSA) is 37.4 Å². The van der Waals surface area contributed by atoms with Crippen molar-refractivity contribution in [2.45, 2.75) is 13.3 Å². The van der Waals surface area contributed by atoms with Crippen LogP contribution in [-0.2, 0) is 0 Å². The molecule has 2 aromatic carbocycles. The van der Waals surface area contributed by atoms with Gasteiger partial charge in [-0.25, -0.2) is 0 Å². The molecule has 0 bridgehead atoms. The van der Waals surface area contributed by atoms with E-state index in [1.54, 1.807) is 23.1 Å². The standard InChI is InChI=1S/C17H14ClNO2/c1-11-4-2-3-5-13(11)17(21)19-9-8-16(20)14-10-12(18)6-7-15(14)19/h2-7,10H,8-9H2,1H3. The number of halogens is 1. The molecule has 21 heavy (non-hydrogen) atoms. The Hall–Kier alpha value is -2.13. The van der Waals surface area contributed by atoms with E-state index in [9.17, 15) is 9.59 Å². The van der Waals surface area contributed by atoms with Gasteiger partial charge in [0.15, 0.2) is 5.78 Å². The summed E-state index contributed by atoms with van der Waals surface area (Å²) in [6.45, 7) is 2.31. The quantitative estimate of drug-likeness (QED) is 0.801. The van der Waals surface area contributed by atoms with Crippen molar-refractivity contribution in [1.29, 1.82) is 0 Å². The normalized spacial score (nSPS) is 14.0. The van der Waals surface area contributed by atoms with Crippen molar-refractivity contribution in [3.63, 3.8) is 0 Å². The summed E-state index contributed by atoms with van der Waals surface area (Å²) in [6.07, 6.45) is 0.324. The van der Waals surface area contributed by atoms with E-state index in [2.05, 4.69) is 0 Å². The summed E-state index contributed by atoms with van der Waals surface area (Å²) in [4.78, 5) is 26.4. The van der Waals surface area contributed by atoms with Crippen LogP contribution in [-0.4, -0.2) is 18.2 Å². The minimum absolute atomic E-state index is 0.0290. The summed E-state index contributed by atoms with van der Waals surface area (Å²) < 4.78 is 0. The number of Topliss-reactive ketones (excluding diaryl/α,β-unsaturated/α-hetero) is 1. The molecule has 2 aromatic rings. The minimum atomic E-state index is -0.0795. The maximum absolute atomic E-state index is 12.8. The molecule has 0 spiro atoms. The Morgan fingerprint density at radius 2 is 1.95 bits per heavy atom. The Bertz CT molecular complexity index is 739. The van der Waals surface area contributed by atoms with Gasteiger partial charge in [-0.2, -0.15) is 0 Å². The second kappa shape index (κ2) is 5.34. The number of aryl methyl sites for hydroxylation is 1. The third-order valence-corrected chi connectivity index (χ3v) is 3.97. The van der Waals surface area contributed by atoms with Crippen molar-refractivity contribution in [3.8, 4) is 0 Å². The first-order chi connectivity index (χ1) is 10.1. The molecule has 0 aromatic heterocycles. The van der Waals surface area contributed by atoms with Gasteiger partial charge in [-0.1, -0.05) is 29.8 Å². The SMILES string of the molecule is Cc1ccccc1C(=O)N1CCC(=O)c2cc(Cl)ccc21. The number of anilines is 1. The summed E-state index contributed by atoms with van der Waals surface area (Å²) in [6, 6.07) is 12.5. The van der Waals surface area contributed by atoms with E-state index in [0.29, 0.717) is 34.8 Å². The highest BCUT2D eigenvalue weighted by molar-refractivity contribution is 6.31. The molecular formula is C17H14ClNO2. The molecule has 0 saturated carbocycles. The molecule has 3 nitrogen and oxygen atoms in total. The van der Waals surface area contributed by atoms with Crippen molar-refractivity contribution in [2.75, 3.05) is 11.4 Å². The van der Waals surface area contributed by atoms with Crippen molar-refractivity contribution in [2.24, 2.45) is 0 Å². The van der Waals surface area contributed by atoms with E-state index >= 15 is 0 Å². The summed E-state index contributed by atoms with van der Waals surface area (Å²) >= 11 is 5.96. The van der Waals surface area contributed by atoms with Crippen molar-refractivity contribution in [1.82, 2.24) is 0 Å². The van der Waals surface area contributed by atoms with Crippen LogP contribution < -0.4 is 4.90 Å². The van der Waals surface area contributed by atoms with Gasteiger partial charge in [-0.15, -0.1) is 0 Å². The molecule has 106 valence electrons. The van der Waals surface area contributed by atoms with Crippen LogP contribution in [0.15, 0.2) is 42.5 Å². The van der Waals surface area contributed by atoms with Gasteiger partial charge in [0.2, 0.25) is 0 Å². The number of ketones is 1. The number of rotatable bonds is 1. The summed E-state index contributed by atoms with van der Waals surface area (Å²) in [7, 11) is 0. The van der Waals surface area contributed by atoms with Gasteiger partial charge in [-0.05, 0) is 36.8 Å². The smallest absolute Gasteiger partial charge is 0.258 e. The summed E-state index contributed by atoms with van der Waals surface area (Å²) in [5.41, 5.74) is 2.75. The third-order valence-electron chi connectivity index (χ3n) is 3.73. The summed E-state index contributed by atoms with van der Waals surface area (Å²) in [5, 5.41) is 0.507. The lowest BCUT2D eigenvalue weighted by Gasteiger charge is -2.29. The lowest BCUT2D eigenvalue weighted by atomic mass is 9.98. The van der Waals surface area contributed by atoms with Crippen molar-refractivity contribution < 1.29 is 9.59 Å². The fraction of sp³-hybridized carbons (Fsp3) is 0.176. The monoisotopic (exact) mass is 299 g/mol. The van der Waals surface area contributed by atoms with Crippen LogP contribution in [0, 0.1) is 6.92 Å². The number of carbonyl (C=O) groups is 2. The molecule has 4 heteroatoms. The highest BCUT2D eigenvalue weighted by Gasteiger charge is 2.28. The lowest BCUT2D eigenvalue weighted by molar-refractivity contribution is 0.0955. The van der Waals surface area contributed by atoms with Crippen LogP contribution in [0.5, 0.6) is 0 Å². The molecule has 1 amide bonds. The van der Waals surface area contributed by atoms with E-state index in [0.717, 1.165) is 5.56 Å². The molecule has 0 fully saturated rings. The Morgan fingerprint density at radius 3 is 2.71 bits per heavy atom. The zero-order valence-electron chi connectivity index (χ0n) is 11.6. The molecule has 0 unspecified atom stereocenters. The Labute approximate surface area is 128 Å². The fourth-order valence-corrected chi connectivity index (χ4v) is 2.78. The molecule has 1 aliphatic rings. The molecule has 1 heterocycles. The molecule has 1 aliphatic heterocycles. The second-order valence-corrected chi connectivity index (χ2v) is 5.54. The van der Waals surface area contributed by atoms with Crippen LogP contribution in [0.2, 0.25) is 5.02 Å². The Morgan fingerprint density at radius 1 is 1.19 bits per heavy atom. The van der Waals surface area contributed by atoms with Crippen LogP contribution in [0.25, 0.3) is 0 Å². The molecule has 0 saturated heterocycles. The molecular weight excluding hydrogens is 286 g/mol. The van der Waals surface area contributed by atoms with Gasteiger partial charge >= 0.3 is 0 Å². The van der Waals surface area contributed by atoms with Crippen molar-refractivity contribution >= 4 is 29.0 Å². The van der Waals surface area contributed by atoms with Gasteiger partial charge in [0.05, 0.1) is 5.69 Å². The van der Waals surface area contributed by atoms with Crippen molar-refractivity contribution in [3.05, 3.63) is 64.2 Å². The van der Waals surface area contributed by atoms with Crippen LogP contribution in [0.4, 0.5) is 5.69 Å². The second-order valence-electron chi connectivity index (χ2n) is 5.11. The first kappa shape index (κ1) is 13.8.